The monoisotopic (exact) mass is 333 g/mol. The van der Waals surface area contributed by atoms with E-state index >= 15 is 0 Å². The van der Waals surface area contributed by atoms with Gasteiger partial charge in [-0.2, -0.15) is 0 Å². The van der Waals surface area contributed by atoms with Crippen molar-refractivity contribution in [3.05, 3.63) is 29.8 Å². The van der Waals surface area contributed by atoms with E-state index in [1.165, 1.54) is 19.3 Å². The van der Waals surface area contributed by atoms with Gasteiger partial charge in [-0.05, 0) is 38.4 Å². The fourth-order valence-electron chi connectivity index (χ4n) is 3.38. The first-order valence-electron chi connectivity index (χ1n) is 9.07. The lowest BCUT2D eigenvalue weighted by Gasteiger charge is -2.35. The fourth-order valence-corrected chi connectivity index (χ4v) is 3.38. The maximum Gasteiger partial charge on any atom is 0.236 e. The molecular formula is C19H31N3O2. The number of hydrogen-bond donors (Lipinski definition) is 2. The van der Waals surface area contributed by atoms with Gasteiger partial charge in [-0.1, -0.05) is 38.0 Å². The van der Waals surface area contributed by atoms with E-state index in [0.29, 0.717) is 6.54 Å². The molecule has 1 amide bonds. The van der Waals surface area contributed by atoms with E-state index in [0.717, 1.165) is 37.2 Å². The highest BCUT2D eigenvalue weighted by molar-refractivity contribution is 5.81. The molecule has 1 aliphatic rings. The Bertz CT molecular complexity index is 515. The molecule has 1 aromatic carbocycles. The van der Waals surface area contributed by atoms with Crippen LogP contribution in [0.15, 0.2) is 24.3 Å². The van der Waals surface area contributed by atoms with Gasteiger partial charge in [-0.25, -0.2) is 0 Å². The molecule has 1 fully saturated rings. The van der Waals surface area contributed by atoms with Crippen LogP contribution in [0.1, 0.15) is 50.6 Å². The van der Waals surface area contributed by atoms with Crippen LogP contribution in [0.3, 0.4) is 0 Å². The van der Waals surface area contributed by atoms with Crippen LogP contribution < -0.4 is 15.8 Å². The first-order valence-corrected chi connectivity index (χ1v) is 9.07. The summed E-state index contributed by atoms with van der Waals surface area (Å²) in [5, 5.41) is 3.05. The Morgan fingerprint density at radius 1 is 1.29 bits per heavy atom. The Balaban J connectivity index is 2.12. The molecule has 0 aliphatic carbocycles. The van der Waals surface area contributed by atoms with Crippen molar-refractivity contribution >= 4 is 5.91 Å². The lowest BCUT2D eigenvalue weighted by Crippen LogP contribution is -2.45. The molecule has 2 unspecified atom stereocenters. The average molecular weight is 333 g/mol. The number of methoxy groups -OCH3 is 1. The quantitative estimate of drug-likeness (QED) is 0.767. The van der Waals surface area contributed by atoms with Crippen molar-refractivity contribution in [1.29, 1.82) is 0 Å². The van der Waals surface area contributed by atoms with Crippen LogP contribution in [0.25, 0.3) is 0 Å². The number of nitrogens with two attached hydrogens (primary N) is 1. The molecule has 24 heavy (non-hydrogen) atoms. The fraction of sp³-hybridized carbons (Fsp3) is 0.632. The minimum absolute atomic E-state index is 0.0613. The van der Waals surface area contributed by atoms with E-state index in [9.17, 15) is 4.79 Å². The molecule has 0 aromatic heterocycles. The van der Waals surface area contributed by atoms with Crippen LogP contribution in [0.2, 0.25) is 0 Å². The summed E-state index contributed by atoms with van der Waals surface area (Å²) in [7, 11) is 1.70. The summed E-state index contributed by atoms with van der Waals surface area (Å²) >= 11 is 0. The molecule has 1 saturated heterocycles. The summed E-state index contributed by atoms with van der Waals surface area (Å²) in [5.41, 5.74) is 7.07. The summed E-state index contributed by atoms with van der Waals surface area (Å²) in [6.45, 7) is 4.72. The van der Waals surface area contributed by atoms with Crippen molar-refractivity contribution < 1.29 is 9.53 Å². The Kier molecular flexibility index (Phi) is 7.53. The minimum atomic E-state index is -0.422. The summed E-state index contributed by atoms with van der Waals surface area (Å²) in [6, 6.07) is 7.78. The van der Waals surface area contributed by atoms with Gasteiger partial charge in [0.25, 0.3) is 0 Å². The Morgan fingerprint density at radius 3 is 2.67 bits per heavy atom. The van der Waals surface area contributed by atoms with Crippen molar-refractivity contribution in [3.63, 3.8) is 0 Å². The zero-order chi connectivity index (χ0) is 17.4. The number of likely N-dealkylation sites (tertiary alicyclic amines) is 1. The van der Waals surface area contributed by atoms with Crippen LogP contribution in [0.5, 0.6) is 5.75 Å². The van der Waals surface area contributed by atoms with E-state index in [4.69, 9.17) is 10.5 Å². The van der Waals surface area contributed by atoms with Gasteiger partial charge in [-0.15, -0.1) is 0 Å². The van der Waals surface area contributed by atoms with E-state index in [2.05, 4.69) is 16.3 Å². The molecule has 0 radical (unpaired) electrons. The standard InChI is InChI=1S/C19H31N3O2/c1-3-9-16(20)19(23)21-14-17(22-12-7-4-8-13-22)15-10-5-6-11-18(15)24-2/h5-6,10-11,16-17H,3-4,7-9,12-14,20H2,1-2H3,(H,21,23). The topological polar surface area (TPSA) is 67.6 Å². The largest absolute Gasteiger partial charge is 0.496 e. The summed E-state index contributed by atoms with van der Waals surface area (Å²) < 4.78 is 5.55. The van der Waals surface area contributed by atoms with Gasteiger partial charge in [0.15, 0.2) is 0 Å². The lowest BCUT2D eigenvalue weighted by molar-refractivity contribution is -0.122. The van der Waals surface area contributed by atoms with Crippen molar-refractivity contribution in [2.45, 2.75) is 51.1 Å². The number of carbonyl (C=O) groups is 1. The van der Waals surface area contributed by atoms with Gasteiger partial charge < -0.3 is 15.8 Å². The van der Waals surface area contributed by atoms with E-state index in [-0.39, 0.29) is 11.9 Å². The number of nitrogens with zero attached hydrogens (tertiary/aromatic N) is 1. The van der Waals surface area contributed by atoms with Gasteiger partial charge >= 0.3 is 0 Å². The number of carbonyl (C=O) groups excluding carboxylic acids is 1. The number of piperidine rings is 1. The van der Waals surface area contributed by atoms with Crippen LogP contribution in [-0.4, -0.2) is 43.6 Å². The van der Waals surface area contributed by atoms with Crippen LogP contribution >= 0.6 is 0 Å². The molecule has 1 aliphatic heterocycles. The minimum Gasteiger partial charge on any atom is -0.496 e. The predicted molar refractivity (Wildman–Crippen MR) is 97.1 cm³/mol. The molecule has 5 heteroatoms. The van der Waals surface area contributed by atoms with Gasteiger partial charge in [0.1, 0.15) is 5.75 Å². The highest BCUT2D eigenvalue weighted by atomic mass is 16.5. The highest BCUT2D eigenvalue weighted by Crippen LogP contribution is 2.30. The molecular weight excluding hydrogens is 302 g/mol. The predicted octanol–water partition coefficient (Wildman–Crippen LogP) is 2.47. The third kappa shape index (κ3) is 4.95. The number of hydrogen-bond acceptors (Lipinski definition) is 4. The number of nitrogens with one attached hydrogen (secondary N) is 1. The first-order chi connectivity index (χ1) is 11.7. The molecule has 3 N–H and O–H groups in total. The van der Waals surface area contributed by atoms with Crippen LogP contribution in [-0.2, 0) is 4.79 Å². The SMILES string of the molecule is CCCC(N)C(=O)NCC(c1ccccc1OC)N1CCCCC1. The molecule has 0 saturated carbocycles. The van der Waals surface area contributed by atoms with Gasteiger partial charge in [-0.3, -0.25) is 9.69 Å². The van der Waals surface area contributed by atoms with Crippen molar-refractivity contribution in [3.8, 4) is 5.75 Å². The third-order valence-corrected chi connectivity index (χ3v) is 4.74. The molecule has 1 heterocycles. The molecule has 0 bridgehead atoms. The zero-order valence-corrected chi connectivity index (χ0v) is 15.0. The summed E-state index contributed by atoms with van der Waals surface area (Å²) in [5.74, 6) is 0.814. The second kappa shape index (κ2) is 9.64. The Labute approximate surface area is 145 Å². The van der Waals surface area contributed by atoms with Gasteiger partial charge in [0, 0.05) is 12.1 Å². The molecule has 1 aromatic rings. The van der Waals surface area contributed by atoms with E-state index in [1.807, 2.05) is 25.1 Å². The third-order valence-electron chi connectivity index (χ3n) is 4.74. The normalized spacial score (nSPS) is 18.0. The van der Waals surface area contributed by atoms with Crippen molar-refractivity contribution in [2.24, 2.45) is 5.73 Å². The zero-order valence-electron chi connectivity index (χ0n) is 15.0. The highest BCUT2D eigenvalue weighted by Gasteiger charge is 2.26. The Morgan fingerprint density at radius 2 is 2.00 bits per heavy atom. The Hall–Kier alpha value is -1.59. The van der Waals surface area contributed by atoms with Crippen molar-refractivity contribution in [1.82, 2.24) is 10.2 Å². The molecule has 0 spiro atoms. The molecule has 2 atom stereocenters. The van der Waals surface area contributed by atoms with Gasteiger partial charge in [0.2, 0.25) is 5.91 Å². The second-order valence-electron chi connectivity index (χ2n) is 6.49. The van der Waals surface area contributed by atoms with E-state index in [1.54, 1.807) is 7.11 Å². The first kappa shape index (κ1) is 18.7. The van der Waals surface area contributed by atoms with Gasteiger partial charge in [0.05, 0.1) is 19.2 Å². The number of rotatable bonds is 8. The molecule has 134 valence electrons. The smallest absolute Gasteiger partial charge is 0.236 e. The molecule has 5 nitrogen and oxygen atoms in total. The van der Waals surface area contributed by atoms with Crippen LogP contribution in [0.4, 0.5) is 0 Å². The number of ether oxygens (including phenoxy) is 1. The number of amides is 1. The maximum absolute atomic E-state index is 12.2. The second-order valence-corrected chi connectivity index (χ2v) is 6.49. The summed E-state index contributed by atoms with van der Waals surface area (Å²) in [6.07, 6.45) is 5.32. The number of benzene rings is 1. The lowest BCUT2D eigenvalue weighted by atomic mass is 10.0. The number of para-hydroxylation sites is 1. The summed E-state index contributed by atoms with van der Waals surface area (Å²) in [4.78, 5) is 14.7. The maximum atomic E-state index is 12.2. The van der Waals surface area contributed by atoms with E-state index < -0.39 is 6.04 Å². The molecule has 2 rings (SSSR count). The van der Waals surface area contributed by atoms with Crippen LogP contribution in [0, 0.1) is 0 Å². The van der Waals surface area contributed by atoms with Crippen molar-refractivity contribution in [2.75, 3.05) is 26.7 Å². The average Bonchev–Trinajstić information content (AvgIpc) is 2.63.